The molecule has 0 aliphatic carbocycles. The Balaban J connectivity index is 1.89. The van der Waals surface area contributed by atoms with Crippen molar-refractivity contribution < 1.29 is 4.74 Å². The molecular weight excluding hydrogens is 252 g/mol. The van der Waals surface area contributed by atoms with E-state index in [1.165, 1.54) is 13.0 Å². The van der Waals surface area contributed by atoms with Crippen LogP contribution in [0.15, 0.2) is 12.1 Å². The summed E-state index contributed by atoms with van der Waals surface area (Å²) < 4.78 is 5.64. The average molecular weight is 278 g/mol. The van der Waals surface area contributed by atoms with Crippen LogP contribution in [0, 0.1) is 11.8 Å². The molecule has 1 aromatic heterocycles. The molecule has 0 amide bonds. The Kier molecular flexibility index (Phi) is 5.06. The van der Waals surface area contributed by atoms with Crippen LogP contribution in [-0.4, -0.2) is 43.2 Å². The molecule has 0 bridgehead atoms. The van der Waals surface area contributed by atoms with Crippen molar-refractivity contribution in [1.82, 2.24) is 9.88 Å². The van der Waals surface area contributed by atoms with Crippen LogP contribution in [0.4, 0.5) is 11.5 Å². The first-order valence-corrected chi connectivity index (χ1v) is 7.36. The van der Waals surface area contributed by atoms with Gasteiger partial charge in [-0.3, -0.25) is 0 Å². The number of hydrogen-bond acceptors (Lipinski definition) is 5. The second kappa shape index (κ2) is 6.79. The molecule has 0 saturated carbocycles. The summed E-state index contributed by atoms with van der Waals surface area (Å²) in [5.74, 6) is 2.53. The maximum absolute atomic E-state index is 5.89. The highest BCUT2D eigenvalue weighted by molar-refractivity contribution is 5.53. The van der Waals surface area contributed by atoms with Crippen LogP contribution < -0.4 is 15.8 Å². The van der Waals surface area contributed by atoms with Crippen molar-refractivity contribution in [3.63, 3.8) is 0 Å². The number of rotatable bonds is 6. The Labute approximate surface area is 121 Å². The van der Waals surface area contributed by atoms with Crippen LogP contribution in [-0.2, 0) is 0 Å². The summed E-state index contributed by atoms with van der Waals surface area (Å²) in [7, 11) is 2.17. The predicted octanol–water partition coefficient (Wildman–Crippen LogP) is 2.06. The molecular formula is C15H26N4O. The number of hydrogen-bond donors (Lipinski definition) is 2. The molecule has 0 spiro atoms. The molecule has 1 aromatic rings. The lowest BCUT2D eigenvalue weighted by Crippen LogP contribution is -2.19. The summed E-state index contributed by atoms with van der Waals surface area (Å²) in [6, 6.07) is 3.77. The van der Waals surface area contributed by atoms with Gasteiger partial charge in [0.1, 0.15) is 5.82 Å². The minimum absolute atomic E-state index is 0.460. The summed E-state index contributed by atoms with van der Waals surface area (Å²) in [5, 5.41) is 3.39. The van der Waals surface area contributed by atoms with Gasteiger partial charge in [-0.25, -0.2) is 0 Å². The van der Waals surface area contributed by atoms with Gasteiger partial charge in [-0.2, -0.15) is 4.98 Å². The van der Waals surface area contributed by atoms with E-state index in [1.807, 2.05) is 12.1 Å². The summed E-state index contributed by atoms with van der Waals surface area (Å²) in [6.07, 6.45) is 1.25. The van der Waals surface area contributed by atoms with Gasteiger partial charge in [0.05, 0.1) is 12.3 Å². The molecule has 20 heavy (non-hydrogen) atoms. The van der Waals surface area contributed by atoms with Crippen LogP contribution in [0.3, 0.4) is 0 Å². The quantitative estimate of drug-likeness (QED) is 0.834. The molecule has 5 nitrogen and oxygen atoms in total. The van der Waals surface area contributed by atoms with Crippen LogP contribution in [0.2, 0.25) is 0 Å². The number of aromatic nitrogens is 1. The molecule has 1 atom stereocenters. The van der Waals surface area contributed by atoms with E-state index in [4.69, 9.17) is 10.5 Å². The van der Waals surface area contributed by atoms with E-state index in [-0.39, 0.29) is 0 Å². The van der Waals surface area contributed by atoms with Crippen molar-refractivity contribution in [2.24, 2.45) is 11.8 Å². The molecule has 112 valence electrons. The Morgan fingerprint density at radius 3 is 2.95 bits per heavy atom. The standard InChI is InChI=1S/C15H26N4O/c1-11(2)10-20-15-13(16)4-5-14(18-15)17-8-12-6-7-19(3)9-12/h4-5,11-12H,6-10,16H2,1-3H3,(H,17,18). The van der Waals surface area contributed by atoms with Gasteiger partial charge in [-0.1, -0.05) is 13.8 Å². The lowest BCUT2D eigenvalue weighted by Gasteiger charge is -2.14. The molecule has 1 aliphatic heterocycles. The fraction of sp³-hybridized carbons (Fsp3) is 0.667. The number of anilines is 2. The van der Waals surface area contributed by atoms with Gasteiger partial charge in [-0.05, 0) is 44.0 Å². The van der Waals surface area contributed by atoms with E-state index in [9.17, 15) is 0 Å². The van der Waals surface area contributed by atoms with E-state index in [2.05, 4.69) is 36.1 Å². The van der Waals surface area contributed by atoms with Crippen LogP contribution in [0.25, 0.3) is 0 Å². The van der Waals surface area contributed by atoms with Gasteiger partial charge < -0.3 is 20.7 Å². The Morgan fingerprint density at radius 1 is 1.50 bits per heavy atom. The highest BCUT2D eigenvalue weighted by Crippen LogP contribution is 2.22. The maximum Gasteiger partial charge on any atom is 0.239 e. The van der Waals surface area contributed by atoms with Crippen molar-refractivity contribution >= 4 is 11.5 Å². The first-order chi connectivity index (χ1) is 9.54. The summed E-state index contributed by atoms with van der Waals surface area (Å²) in [5.41, 5.74) is 6.48. The topological polar surface area (TPSA) is 63.4 Å². The molecule has 0 aromatic carbocycles. The summed E-state index contributed by atoms with van der Waals surface area (Å²) >= 11 is 0. The fourth-order valence-corrected chi connectivity index (χ4v) is 2.35. The molecule has 1 unspecified atom stereocenters. The lowest BCUT2D eigenvalue weighted by atomic mass is 10.1. The highest BCUT2D eigenvalue weighted by Gasteiger charge is 2.19. The highest BCUT2D eigenvalue weighted by atomic mass is 16.5. The normalized spacial score (nSPS) is 19.5. The first kappa shape index (κ1) is 14.9. The minimum Gasteiger partial charge on any atom is -0.476 e. The molecule has 5 heteroatoms. The van der Waals surface area contributed by atoms with Gasteiger partial charge in [-0.15, -0.1) is 0 Å². The second-order valence-electron chi connectivity index (χ2n) is 6.09. The number of nitrogens with two attached hydrogens (primary N) is 1. The van der Waals surface area contributed by atoms with Crippen molar-refractivity contribution in [3.8, 4) is 5.88 Å². The number of nitrogen functional groups attached to an aromatic ring is 1. The monoisotopic (exact) mass is 278 g/mol. The van der Waals surface area contributed by atoms with Crippen LogP contribution in [0.5, 0.6) is 5.88 Å². The maximum atomic E-state index is 5.89. The smallest absolute Gasteiger partial charge is 0.239 e. The van der Waals surface area contributed by atoms with Gasteiger partial charge >= 0.3 is 0 Å². The lowest BCUT2D eigenvalue weighted by molar-refractivity contribution is 0.263. The Morgan fingerprint density at radius 2 is 2.30 bits per heavy atom. The van der Waals surface area contributed by atoms with Gasteiger partial charge in [0, 0.05) is 13.1 Å². The molecule has 2 heterocycles. The van der Waals surface area contributed by atoms with E-state index in [1.54, 1.807) is 0 Å². The van der Waals surface area contributed by atoms with Crippen molar-refractivity contribution in [2.75, 3.05) is 44.3 Å². The SMILES string of the molecule is CC(C)COc1nc(NCC2CCN(C)C2)ccc1N. The molecule has 2 rings (SSSR count). The largest absolute Gasteiger partial charge is 0.476 e. The van der Waals surface area contributed by atoms with Gasteiger partial charge in [0.25, 0.3) is 0 Å². The first-order valence-electron chi connectivity index (χ1n) is 7.36. The predicted molar refractivity (Wildman–Crippen MR) is 83.1 cm³/mol. The van der Waals surface area contributed by atoms with Crippen molar-refractivity contribution in [2.45, 2.75) is 20.3 Å². The van der Waals surface area contributed by atoms with E-state index < -0.39 is 0 Å². The number of nitrogens with one attached hydrogen (secondary N) is 1. The third-order valence-electron chi connectivity index (χ3n) is 3.50. The second-order valence-corrected chi connectivity index (χ2v) is 6.09. The third-order valence-corrected chi connectivity index (χ3v) is 3.50. The number of nitrogens with zero attached hydrogens (tertiary/aromatic N) is 2. The zero-order valence-corrected chi connectivity index (χ0v) is 12.7. The molecule has 3 N–H and O–H groups in total. The zero-order valence-electron chi connectivity index (χ0n) is 12.7. The van der Waals surface area contributed by atoms with Crippen LogP contribution in [0.1, 0.15) is 20.3 Å². The van der Waals surface area contributed by atoms with Gasteiger partial charge in [0.2, 0.25) is 5.88 Å². The number of ether oxygens (including phenoxy) is 1. The minimum atomic E-state index is 0.460. The summed E-state index contributed by atoms with van der Waals surface area (Å²) in [4.78, 5) is 6.81. The van der Waals surface area contributed by atoms with Gasteiger partial charge in [0.15, 0.2) is 0 Å². The average Bonchev–Trinajstić information content (AvgIpc) is 2.82. The van der Waals surface area contributed by atoms with Crippen LogP contribution >= 0.6 is 0 Å². The third kappa shape index (κ3) is 4.27. The number of likely N-dealkylation sites (tertiary alicyclic amines) is 1. The Hall–Kier alpha value is -1.49. The van der Waals surface area contributed by atoms with E-state index in [0.29, 0.717) is 30.0 Å². The van der Waals surface area contributed by atoms with Crippen molar-refractivity contribution in [1.29, 1.82) is 0 Å². The molecule has 1 saturated heterocycles. The van der Waals surface area contributed by atoms with E-state index >= 15 is 0 Å². The zero-order chi connectivity index (χ0) is 14.5. The molecule has 0 radical (unpaired) electrons. The molecule has 1 aliphatic rings. The fourth-order valence-electron chi connectivity index (χ4n) is 2.35. The molecule has 1 fully saturated rings. The Bertz CT molecular complexity index is 436. The van der Waals surface area contributed by atoms with E-state index in [0.717, 1.165) is 18.9 Å². The number of pyridine rings is 1. The van der Waals surface area contributed by atoms with Crippen molar-refractivity contribution in [3.05, 3.63) is 12.1 Å². The summed E-state index contributed by atoms with van der Waals surface area (Å²) in [6.45, 7) is 8.13.